The molecule has 1 aromatic heterocycles. The molecule has 0 aliphatic heterocycles. The normalized spacial score (nSPS) is 11.3. The number of aromatic nitrogens is 1. The van der Waals surface area contributed by atoms with Gasteiger partial charge in [0.25, 0.3) is 0 Å². The van der Waals surface area contributed by atoms with Crippen LogP contribution in [0.3, 0.4) is 0 Å². The summed E-state index contributed by atoms with van der Waals surface area (Å²) in [6, 6.07) is 8.16. The highest BCUT2D eigenvalue weighted by Gasteiger charge is 2.30. The summed E-state index contributed by atoms with van der Waals surface area (Å²) in [7, 11) is 0. The molecule has 0 radical (unpaired) electrons. The van der Waals surface area contributed by atoms with Crippen LogP contribution in [0, 0.1) is 0 Å². The lowest BCUT2D eigenvalue weighted by Crippen LogP contribution is -2.05. The van der Waals surface area contributed by atoms with Crippen molar-refractivity contribution < 1.29 is 13.2 Å². The standard InChI is InChI=1S/C12H8ClF3N2/c13-11-10(5-2-6-17-11)18-9-4-1-3-8(7-9)12(14,15)16/h1-7,18H. The van der Waals surface area contributed by atoms with Crippen LogP contribution in [0.25, 0.3) is 0 Å². The van der Waals surface area contributed by atoms with Crippen molar-refractivity contribution in [1.82, 2.24) is 4.98 Å². The molecule has 1 heterocycles. The number of halogens is 4. The van der Waals surface area contributed by atoms with Gasteiger partial charge in [-0.3, -0.25) is 0 Å². The van der Waals surface area contributed by atoms with E-state index in [9.17, 15) is 13.2 Å². The summed E-state index contributed by atoms with van der Waals surface area (Å²) in [6.45, 7) is 0. The van der Waals surface area contributed by atoms with Gasteiger partial charge in [-0.2, -0.15) is 13.2 Å². The topological polar surface area (TPSA) is 24.9 Å². The zero-order valence-electron chi connectivity index (χ0n) is 9.00. The van der Waals surface area contributed by atoms with Crippen LogP contribution in [-0.4, -0.2) is 4.98 Å². The van der Waals surface area contributed by atoms with Gasteiger partial charge in [-0.1, -0.05) is 17.7 Å². The average molecular weight is 273 g/mol. The third kappa shape index (κ3) is 2.92. The molecule has 94 valence electrons. The lowest BCUT2D eigenvalue weighted by atomic mass is 10.2. The van der Waals surface area contributed by atoms with Gasteiger partial charge in [-0.05, 0) is 30.3 Å². The minimum atomic E-state index is -4.36. The number of hydrogen-bond acceptors (Lipinski definition) is 2. The molecule has 2 aromatic rings. The van der Waals surface area contributed by atoms with Crippen LogP contribution >= 0.6 is 11.6 Å². The molecule has 0 aliphatic carbocycles. The Kier molecular flexibility index (Phi) is 3.43. The summed E-state index contributed by atoms with van der Waals surface area (Å²) in [6.07, 6.45) is -2.87. The smallest absolute Gasteiger partial charge is 0.353 e. The van der Waals surface area contributed by atoms with Crippen LogP contribution in [0.4, 0.5) is 24.5 Å². The Labute approximate surface area is 106 Å². The van der Waals surface area contributed by atoms with E-state index in [1.807, 2.05) is 0 Å². The second-order valence-electron chi connectivity index (χ2n) is 3.55. The van der Waals surface area contributed by atoms with Gasteiger partial charge in [0.1, 0.15) is 0 Å². The Balaban J connectivity index is 2.28. The molecule has 0 unspecified atom stereocenters. The highest BCUT2D eigenvalue weighted by atomic mass is 35.5. The molecule has 0 spiro atoms. The maximum absolute atomic E-state index is 12.5. The minimum Gasteiger partial charge on any atom is -0.353 e. The summed E-state index contributed by atoms with van der Waals surface area (Å²) in [5.74, 6) is 0. The Morgan fingerprint density at radius 1 is 1.11 bits per heavy atom. The number of benzene rings is 1. The second kappa shape index (κ2) is 4.86. The Bertz CT molecular complexity index is 555. The lowest BCUT2D eigenvalue weighted by Gasteiger charge is -2.11. The molecular weight excluding hydrogens is 265 g/mol. The van der Waals surface area contributed by atoms with Crippen molar-refractivity contribution >= 4 is 23.0 Å². The maximum Gasteiger partial charge on any atom is 0.416 e. The fourth-order valence-electron chi connectivity index (χ4n) is 1.41. The Morgan fingerprint density at radius 3 is 2.56 bits per heavy atom. The molecule has 0 saturated carbocycles. The van der Waals surface area contributed by atoms with Gasteiger partial charge in [-0.15, -0.1) is 0 Å². The van der Waals surface area contributed by atoms with Crippen molar-refractivity contribution in [1.29, 1.82) is 0 Å². The summed E-state index contributed by atoms with van der Waals surface area (Å²) in [5.41, 5.74) is 0.0470. The van der Waals surface area contributed by atoms with Crippen LogP contribution in [0.2, 0.25) is 5.15 Å². The van der Waals surface area contributed by atoms with E-state index < -0.39 is 11.7 Å². The predicted molar refractivity (Wildman–Crippen MR) is 64.0 cm³/mol. The van der Waals surface area contributed by atoms with Gasteiger partial charge in [0.05, 0.1) is 11.3 Å². The summed E-state index contributed by atoms with van der Waals surface area (Å²) < 4.78 is 37.6. The fraction of sp³-hybridized carbons (Fsp3) is 0.0833. The third-order valence-electron chi connectivity index (χ3n) is 2.23. The molecule has 0 amide bonds. The first-order valence-electron chi connectivity index (χ1n) is 5.01. The van der Waals surface area contributed by atoms with E-state index in [-0.39, 0.29) is 5.15 Å². The van der Waals surface area contributed by atoms with Gasteiger partial charge in [0.15, 0.2) is 5.15 Å². The van der Waals surface area contributed by atoms with Crippen LogP contribution < -0.4 is 5.32 Å². The summed E-state index contributed by atoms with van der Waals surface area (Å²) in [5, 5.41) is 2.99. The molecular formula is C12H8ClF3N2. The van der Waals surface area contributed by atoms with E-state index in [0.717, 1.165) is 12.1 Å². The number of rotatable bonds is 2. The number of nitrogens with zero attached hydrogens (tertiary/aromatic N) is 1. The lowest BCUT2D eigenvalue weighted by molar-refractivity contribution is -0.137. The van der Waals surface area contributed by atoms with Gasteiger partial charge in [0, 0.05) is 11.9 Å². The molecule has 1 N–H and O–H groups in total. The molecule has 18 heavy (non-hydrogen) atoms. The number of alkyl halides is 3. The highest BCUT2D eigenvalue weighted by Crippen LogP contribution is 2.32. The SMILES string of the molecule is FC(F)(F)c1cccc(Nc2cccnc2Cl)c1. The van der Waals surface area contributed by atoms with E-state index in [0.29, 0.717) is 11.4 Å². The largest absolute Gasteiger partial charge is 0.416 e. The third-order valence-corrected chi connectivity index (χ3v) is 2.53. The molecule has 6 heteroatoms. The highest BCUT2D eigenvalue weighted by molar-refractivity contribution is 6.32. The first kappa shape index (κ1) is 12.7. The molecule has 0 bridgehead atoms. The second-order valence-corrected chi connectivity index (χ2v) is 3.90. The van der Waals surface area contributed by atoms with E-state index in [1.165, 1.54) is 18.3 Å². The van der Waals surface area contributed by atoms with Gasteiger partial charge in [0.2, 0.25) is 0 Å². The van der Waals surface area contributed by atoms with E-state index >= 15 is 0 Å². The number of nitrogens with one attached hydrogen (secondary N) is 1. The van der Waals surface area contributed by atoms with Gasteiger partial charge >= 0.3 is 6.18 Å². The minimum absolute atomic E-state index is 0.204. The molecule has 0 fully saturated rings. The Morgan fingerprint density at radius 2 is 1.89 bits per heavy atom. The molecule has 1 aromatic carbocycles. The van der Waals surface area contributed by atoms with Crippen molar-refractivity contribution in [3.8, 4) is 0 Å². The number of pyridine rings is 1. The summed E-state index contributed by atoms with van der Waals surface area (Å²) in [4.78, 5) is 3.83. The van der Waals surface area contributed by atoms with E-state index in [2.05, 4.69) is 10.3 Å². The average Bonchev–Trinajstić information content (AvgIpc) is 2.31. The first-order valence-corrected chi connectivity index (χ1v) is 5.39. The van der Waals surface area contributed by atoms with Crippen molar-refractivity contribution in [3.63, 3.8) is 0 Å². The fourth-order valence-corrected chi connectivity index (χ4v) is 1.57. The number of hydrogen-bond donors (Lipinski definition) is 1. The monoisotopic (exact) mass is 272 g/mol. The number of anilines is 2. The Hall–Kier alpha value is -1.75. The van der Waals surface area contributed by atoms with Crippen LogP contribution in [-0.2, 0) is 6.18 Å². The van der Waals surface area contributed by atoms with Gasteiger partial charge in [-0.25, -0.2) is 4.98 Å². The predicted octanol–water partition coefficient (Wildman–Crippen LogP) is 4.50. The molecule has 0 saturated heterocycles. The molecule has 2 nitrogen and oxygen atoms in total. The van der Waals surface area contributed by atoms with Crippen molar-refractivity contribution in [2.45, 2.75) is 6.18 Å². The summed E-state index contributed by atoms with van der Waals surface area (Å²) >= 11 is 5.81. The van der Waals surface area contributed by atoms with E-state index in [4.69, 9.17) is 11.6 Å². The van der Waals surface area contributed by atoms with Gasteiger partial charge < -0.3 is 5.32 Å². The molecule has 0 atom stereocenters. The van der Waals surface area contributed by atoms with Crippen molar-refractivity contribution in [2.75, 3.05) is 5.32 Å². The van der Waals surface area contributed by atoms with Crippen molar-refractivity contribution in [2.24, 2.45) is 0 Å². The van der Waals surface area contributed by atoms with E-state index in [1.54, 1.807) is 12.1 Å². The zero-order valence-corrected chi connectivity index (χ0v) is 9.76. The zero-order chi connectivity index (χ0) is 13.2. The quantitative estimate of drug-likeness (QED) is 0.814. The van der Waals surface area contributed by atoms with Crippen LogP contribution in [0.15, 0.2) is 42.6 Å². The van der Waals surface area contributed by atoms with Crippen molar-refractivity contribution in [3.05, 3.63) is 53.3 Å². The molecule has 2 rings (SSSR count). The van der Waals surface area contributed by atoms with Crippen LogP contribution in [0.5, 0.6) is 0 Å². The maximum atomic E-state index is 12.5. The van der Waals surface area contributed by atoms with Crippen LogP contribution in [0.1, 0.15) is 5.56 Å². The molecule has 0 aliphatic rings. The first-order chi connectivity index (χ1) is 8.47.